The number of aliphatic hydroxyl groups is 2. The van der Waals surface area contributed by atoms with E-state index in [-0.39, 0.29) is 6.42 Å². The van der Waals surface area contributed by atoms with Crippen LogP contribution in [0.1, 0.15) is 26.7 Å². The van der Waals surface area contributed by atoms with E-state index in [0.29, 0.717) is 6.42 Å². The first-order chi connectivity index (χ1) is 5.55. The van der Waals surface area contributed by atoms with Crippen LogP contribution in [-0.4, -0.2) is 34.0 Å². The molecular weight excluding hydrogens is 160 g/mol. The summed E-state index contributed by atoms with van der Waals surface area (Å²) in [6, 6.07) is 0. The molecule has 0 radical (unpaired) electrons. The third-order valence-corrected chi connectivity index (χ3v) is 2.36. The smallest absolute Gasteiger partial charge is 0.314 e. The van der Waals surface area contributed by atoms with Gasteiger partial charge in [-0.1, -0.05) is 13.8 Å². The Hall–Kier alpha value is -0.610. The number of carboxylic acids is 1. The minimum atomic E-state index is -1.38. The van der Waals surface area contributed by atoms with E-state index in [0.717, 1.165) is 0 Å². The summed E-state index contributed by atoms with van der Waals surface area (Å²) in [4.78, 5) is 10.8. The number of carbonyl (C=O) groups is 1. The van der Waals surface area contributed by atoms with Crippen molar-refractivity contribution in [2.45, 2.75) is 32.8 Å². The molecule has 0 spiro atoms. The quantitative estimate of drug-likeness (QED) is 0.560. The van der Waals surface area contributed by atoms with Crippen molar-refractivity contribution in [2.24, 2.45) is 5.41 Å². The van der Waals surface area contributed by atoms with Crippen LogP contribution in [0.15, 0.2) is 0 Å². The molecule has 0 rings (SSSR count). The van der Waals surface area contributed by atoms with E-state index < -0.39 is 24.1 Å². The Balaban J connectivity index is 4.68. The first-order valence-electron chi connectivity index (χ1n) is 4.07. The number of rotatable bonds is 5. The van der Waals surface area contributed by atoms with Crippen LogP contribution in [-0.2, 0) is 4.79 Å². The van der Waals surface area contributed by atoms with Gasteiger partial charge in [-0.3, -0.25) is 4.79 Å². The van der Waals surface area contributed by atoms with Crippen LogP contribution in [0.3, 0.4) is 0 Å². The Labute approximate surface area is 71.8 Å². The Kier molecular flexibility index (Phi) is 4.20. The van der Waals surface area contributed by atoms with Crippen LogP contribution in [0.4, 0.5) is 0 Å². The second kappa shape index (κ2) is 4.42. The van der Waals surface area contributed by atoms with Crippen molar-refractivity contribution < 1.29 is 20.1 Å². The molecule has 12 heavy (non-hydrogen) atoms. The van der Waals surface area contributed by atoms with Gasteiger partial charge >= 0.3 is 5.97 Å². The van der Waals surface area contributed by atoms with Crippen LogP contribution >= 0.6 is 0 Å². The van der Waals surface area contributed by atoms with Gasteiger partial charge in [0, 0.05) is 0 Å². The highest BCUT2D eigenvalue weighted by atomic mass is 16.4. The molecule has 0 saturated carbocycles. The monoisotopic (exact) mass is 176 g/mol. The van der Waals surface area contributed by atoms with Gasteiger partial charge in [0.05, 0.1) is 12.7 Å². The summed E-state index contributed by atoms with van der Waals surface area (Å²) in [7, 11) is 0. The number of aliphatic carboxylic acids is 1. The molecule has 2 atom stereocenters. The molecule has 0 aliphatic rings. The molecule has 0 amide bonds. The van der Waals surface area contributed by atoms with E-state index in [9.17, 15) is 9.90 Å². The summed E-state index contributed by atoms with van der Waals surface area (Å²) in [5.74, 6) is -1.14. The highest BCUT2D eigenvalue weighted by Gasteiger charge is 2.42. The fourth-order valence-electron chi connectivity index (χ4n) is 1.20. The Morgan fingerprint density at radius 2 is 2.00 bits per heavy atom. The highest BCUT2D eigenvalue weighted by Crippen LogP contribution is 2.28. The van der Waals surface area contributed by atoms with E-state index in [2.05, 4.69) is 0 Å². The molecule has 0 saturated heterocycles. The lowest BCUT2D eigenvalue weighted by Crippen LogP contribution is -2.44. The topological polar surface area (TPSA) is 77.8 Å². The van der Waals surface area contributed by atoms with Crippen molar-refractivity contribution in [2.75, 3.05) is 6.61 Å². The summed E-state index contributed by atoms with van der Waals surface area (Å²) < 4.78 is 0. The fourth-order valence-corrected chi connectivity index (χ4v) is 1.20. The summed E-state index contributed by atoms with van der Waals surface area (Å²) in [6.07, 6.45) is -0.417. The minimum Gasteiger partial charge on any atom is -0.481 e. The molecule has 3 N–H and O–H groups in total. The molecule has 0 aromatic carbocycles. The third kappa shape index (κ3) is 1.76. The second-order valence-electron chi connectivity index (χ2n) is 2.90. The van der Waals surface area contributed by atoms with Crippen molar-refractivity contribution in [3.05, 3.63) is 0 Å². The maximum absolute atomic E-state index is 10.8. The molecule has 72 valence electrons. The molecule has 4 nitrogen and oxygen atoms in total. The van der Waals surface area contributed by atoms with Crippen LogP contribution in [0.25, 0.3) is 0 Å². The van der Waals surface area contributed by atoms with Crippen molar-refractivity contribution in [1.29, 1.82) is 0 Å². The molecule has 0 fully saturated rings. The zero-order chi connectivity index (χ0) is 9.78. The minimum absolute atomic E-state index is 0.230. The van der Waals surface area contributed by atoms with Gasteiger partial charge < -0.3 is 15.3 Å². The van der Waals surface area contributed by atoms with Crippen molar-refractivity contribution in [3.8, 4) is 0 Å². The summed E-state index contributed by atoms with van der Waals surface area (Å²) in [5, 5.41) is 27.1. The molecule has 4 heteroatoms. The molecule has 0 aliphatic heterocycles. The van der Waals surface area contributed by atoms with Gasteiger partial charge in [0.2, 0.25) is 0 Å². The van der Waals surface area contributed by atoms with E-state index in [4.69, 9.17) is 10.2 Å². The largest absolute Gasteiger partial charge is 0.481 e. The lowest BCUT2D eigenvalue weighted by molar-refractivity contribution is -0.161. The van der Waals surface area contributed by atoms with Crippen LogP contribution in [0.2, 0.25) is 0 Å². The van der Waals surface area contributed by atoms with Gasteiger partial charge in [0.15, 0.2) is 0 Å². The van der Waals surface area contributed by atoms with Crippen LogP contribution < -0.4 is 0 Å². The zero-order valence-electron chi connectivity index (χ0n) is 7.45. The Morgan fingerprint density at radius 1 is 1.50 bits per heavy atom. The lowest BCUT2D eigenvalue weighted by atomic mass is 9.79. The van der Waals surface area contributed by atoms with Gasteiger partial charge in [0.25, 0.3) is 0 Å². The van der Waals surface area contributed by atoms with Crippen molar-refractivity contribution in [1.82, 2.24) is 0 Å². The SMILES string of the molecule is CCC(O)C(CC)(CO)C(=O)O. The maximum Gasteiger partial charge on any atom is 0.314 e. The standard InChI is InChI=1S/C8H16O4/c1-3-6(10)8(4-2,5-9)7(11)12/h6,9-10H,3-5H2,1-2H3,(H,11,12). The maximum atomic E-state index is 10.8. The predicted molar refractivity (Wildman–Crippen MR) is 43.7 cm³/mol. The fraction of sp³-hybridized carbons (Fsp3) is 0.875. The number of aliphatic hydroxyl groups excluding tert-OH is 2. The molecule has 0 aromatic rings. The Bertz CT molecular complexity index is 151. The van der Waals surface area contributed by atoms with Gasteiger partial charge in [-0.25, -0.2) is 0 Å². The molecule has 2 unspecified atom stereocenters. The average molecular weight is 176 g/mol. The van der Waals surface area contributed by atoms with E-state index in [1.54, 1.807) is 13.8 Å². The lowest BCUT2D eigenvalue weighted by Gasteiger charge is -2.30. The van der Waals surface area contributed by atoms with E-state index in [1.807, 2.05) is 0 Å². The molecule has 0 aromatic heterocycles. The highest BCUT2D eigenvalue weighted by molar-refractivity contribution is 5.75. The van der Waals surface area contributed by atoms with E-state index in [1.165, 1.54) is 0 Å². The van der Waals surface area contributed by atoms with Crippen LogP contribution in [0.5, 0.6) is 0 Å². The molecule has 0 bridgehead atoms. The van der Waals surface area contributed by atoms with Gasteiger partial charge in [-0.2, -0.15) is 0 Å². The summed E-state index contributed by atoms with van der Waals surface area (Å²) in [5.41, 5.74) is -1.38. The first kappa shape index (κ1) is 11.4. The van der Waals surface area contributed by atoms with Gasteiger partial charge in [0.1, 0.15) is 5.41 Å². The van der Waals surface area contributed by atoms with Gasteiger partial charge in [-0.15, -0.1) is 0 Å². The zero-order valence-corrected chi connectivity index (χ0v) is 7.45. The Morgan fingerprint density at radius 3 is 2.08 bits per heavy atom. The van der Waals surface area contributed by atoms with Gasteiger partial charge in [-0.05, 0) is 12.8 Å². The van der Waals surface area contributed by atoms with Crippen LogP contribution in [0, 0.1) is 5.41 Å². The molecule has 0 heterocycles. The molecule has 0 aliphatic carbocycles. The number of hydrogen-bond donors (Lipinski definition) is 3. The number of carboxylic acid groups (broad SMARTS) is 1. The second-order valence-corrected chi connectivity index (χ2v) is 2.90. The average Bonchev–Trinajstić information content (AvgIpc) is 2.06. The predicted octanol–water partition coefficient (Wildman–Crippen LogP) is 0.231. The normalized spacial score (nSPS) is 18.3. The summed E-state index contributed by atoms with van der Waals surface area (Å²) in [6.45, 7) is 2.81. The van der Waals surface area contributed by atoms with Crippen molar-refractivity contribution in [3.63, 3.8) is 0 Å². The first-order valence-corrected chi connectivity index (χ1v) is 4.07. The number of hydrogen-bond acceptors (Lipinski definition) is 3. The molecular formula is C8H16O4. The van der Waals surface area contributed by atoms with E-state index >= 15 is 0 Å². The third-order valence-electron chi connectivity index (χ3n) is 2.36. The van der Waals surface area contributed by atoms with Crippen molar-refractivity contribution >= 4 is 5.97 Å². The summed E-state index contributed by atoms with van der Waals surface area (Å²) >= 11 is 0.